The van der Waals surface area contributed by atoms with E-state index in [0.29, 0.717) is 6.61 Å². The van der Waals surface area contributed by atoms with Crippen LogP contribution in [0.1, 0.15) is 13.3 Å². The first-order valence-corrected chi connectivity index (χ1v) is 2.13. The molecule has 0 N–H and O–H groups in total. The van der Waals surface area contributed by atoms with Crippen molar-refractivity contribution in [2.75, 3.05) is 6.61 Å². The number of hydrogen-bond acceptors (Lipinski definition) is 3. The van der Waals surface area contributed by atoms with Crippen LogP contribution in [-0.4, -0.2) is 13.1 Å². The van der Waals surface area contributed by atoms with Crippen molar-refractivity contribution in [3.63, 3.8) is 0 Å². The van der Waals surface area contributed by atoms with Gasteiger partial charge in [0.15, 0.2) is 0 Å². The molecule has 0 rings (SSSR count). The van der Waals surface area contributed by atoms with E-state index in [1.54, 1.807) is 0 Å². The van der Waals surface area contributed by atoms with Crippen LogP contribution in [0.2, 0.25) is 0 Å². The summed E-state index contributed by atoms with van der Waals surface area (Å²) in [7, 11) is 0. The van der Waals surface area contributed by atoms with Gasteiger partial charge in [0.05, 0.1) is 6.61 Å². The van der Waals surface area contributed by atoms with E-state index in [1.165, 1.54) is 0 Å². The fourth-order valence-electron chi connectivity index (χ4n) is 0.159. The molecule has 3 heteroatoms. The highest BCUT2D eigenvalue weighted by molar-refractivity contribution is 5.35. The molecule has 7 heavy (non-hydrogen) atoms. The summed E-state index contributed by atoms with van der Waals surface area (Å²) < 4.78 is 0. The third kappa shape index (κ3) is 5.43. The average Bonchev–Trinajstić information content (AvgIpc) is 1.69. The minimum atomic E-state index is 0.260. The zero-order chi connectivity index (χ0) is 5.54. The molecule has 0 bridgehead atoms. The van der Waals surface area contributed by atoms with Crippen LogP contribution in [0.15, 0.2) is 0 Å². The third-order valence-electron chi connectivity index (χ3n) is 0.395. The molecule has 0 aliphatic heterocycles. The van der Waals surface area contributed by atoms with Gasteiger partial charge in [-0.2, -0.15) is 4.89 Å². The highest BCUT2D eigenvalue weighted by Crippen LogP contribution is 1.76. The van der Waals surface area contributed by atoms with Gasteiger partial charge in [-0.15, -0.1) is 0 Å². The molecule has 42 valence electrons. The summed E-state index contributed by atoms with van der Waals surface area (Å²) in [6.45, 7) is 2.66. The Labute approximate surface area is 42.2 Å². The van der Waals surface area contributed by atoms with Crippen molar-refractivity contribution in [3.8, 4) is 0 Å². The maximum Gasteiger partial charge on any atom is 0.330 e. The molecule has 0 aliphatic carbocycles. The van der Waals surface area contributed by atoms with E-state index in [-0.39, 0.29) is 6.47 Å². The largest absolute Gasteiger partial charge is 0.330 e. The van der Waals surface area contributed by atoms with Crippen LogP contribution < -0.4 is 0 Å². The van der Waals surface area contributed by atoms with Crippen molar-refractivity contribution in [1.82, 2.24) is 0 Å². The van der Waals surface area contributed by atoms with Crippen LogP contribution in [0.4, 0.5) is 0 Å². The molecule has 0 unspecified atom stereocenters. The quantitative estimate of drug-likeness (QED) is 0.225. The summed E-state index contributed by atoms with van der Waals surface area (Å²) in [5.74, 6) is 0. The molecule has 0 aliphatic rings. The van der Waals surface area contributed by atoms with Gasteiger partial charge in [-0.05, 0) is 6.42 Å². The van der Waals surface area contributed by atoms with Crippen molar-refractivity contribution in [3.05, 3.63) is 0 Å². The van der Waals surface area contributed by atoms with Crippen LogP contribution in [-0.2, 0) is 14.6 Å². The van der Waals surface area contributed by atoms with Crippen molar-refractivity contribution in [1.29, 1.82) is 0 Å². The second-order valence-electron chi connectivity index (χ2n) is 1.01. The summed E-state index contributed by atoms with van der Waals surface area (Å²) in [6.07, 6.45) is 0.855. The Balaban J connectivity index is 2.56. The molecule has 0 aromatic rings. The van der Waals surface area contributed by atoms with E-state index in [9.17, 15) is 4.79 Å². The molecule has 0 fully saturated rings. The van der Waals surface area contributed by atoms with Crippen LogP contribution in [0.3, 0.4) is 0 Å². The first kappa shape index (κ1) is 6.43. The third-order valence-corrected chi connectivity index (χ3v) is 0.395. The van der Waals surface area contributed by atoms with E-state index in [0.717, 1.165) is 6.42 Å². The number of carbonyl (C=O) groups is 1. The molecule has 0 saturated carbocycles. The lowest BCUT2D eigenvalue weighted by molar-refractivity contribution is -0.258. The molecular formula is C4H8O3. The molecule has 0 spiro atoms. The standard InChI is InChI=1S/C4H8O3/c1-2-3-6-7-4-5/h4H,2-3H2,1H3. The van der Waals surface area contributed by atoms with Crippen molar-refractivity contribution in [2.45, 2.75) is 13.3 Å². The first-order valence-electron chi connectivity index (χ1n) is 2.13. The lowest BCUT2D eigenvalue weighted by Crippen LogP contribution is -1.91. The van der Waals surface area contributed by atoms with Gasteiger partial charge in [-0.1, -0.05) is 6.92 Å². The molecule has 3 nitrogen and oxygen atoms in total. The average molecular weight is 104 g/mol. The van der Waals surface area contributed by atoms with Gasteiger partial charge in [0, 0.05) is 0 Å². The van der Waals surface area contributed by atoms with Crippen LogP contribution >= 0.6 is 0 Å². The van der Waals surface area contributed by atoms with Crippen LogP contribution in [0.25, 0.3) is 0 Å². The SMILES string of the molecule is CCCOOC=O. The van der Waals surface area contributed by atoms with Crippen molar-refractivity contribution >= 4 is 6.47 Å². The number of carbonyl (C=O) groups excluding carboxylic acids is 1. The molecule has 0 aromatic heterocycles. The van der Waals surface area contributed by atoms with Gasteiger partial charge in [0.2, 0.25) is 0 Å². The summed E-state index contributed by atoms with van der Waals surface area (Å²) in [6, 6.07) is 0. The Morgan fingerprint density at radius 2 is 2.43 bits per heavy atom. The van der Waals surface area contributed by atoms with Gasteiger partial charge < -0.3 is 4.89 Å². The lowest BCUT2D eigenvalue weighted by atomic mass is 10.5. The Morgan fingerprint density at radius 1 is 1.71 bits per heavy atom. The predicted molar refractivity (Wildman–Crippen MR) is 23.4 cm³/mol. The maximum absolute atomic E-state index is 9.33. The molecular weight excluding hydrogens is 96.0 g/mol. The minimum absolute atomic E-state index is 0.260. The predicted octanol–water partition coefficient (Wildman–Crippen LogP) is 0.501. The second-order valence-corrected chi connectivity index (χ2v) is 1.01. The fourth-order valence-corrected chi connectivity index (χ4v) is 0.159. The van der Waals surface area contributed by atoms with Crippen molar-refractivity contribution in [2.24, 2.45) is 0 Å². The van der Waals surface area contributed by atoms with E-state index < -0.39 is 0 Å². The fraction of sp³-hybridized carbons (Fsp3) is 0.750. The molecule has 0 amide bonds. The Hall–Kier alpha value is -0.570. The van der Waals surface area contributed by atoms with Gasteiger partial charge in [0.25, 0.3) is 0 Å². The first-order chi connectivity index (χ1) is 3.41. The lowest BCUT2D eigenvalue weighted by Gasteiger charge is -1.90. The molecule has 0 heterocycles. The summed E-state index contributed by atoms with van der Waals surface area (Å²) >= 11 is 0. The van der Waals surface area contributed by atoms with E-state index in [2.05, 4.69) is 9.78 Å². The van der Waals surface area contributed by atoms with E-state index >= 15 is 0 Å². The summed E-state index contributed by atoms with van der Waals surface area (Å²) in [5, 5.41) is 0. The van der Waals surface area contributed by atoms with Crippen LogP contribution in [0, 0.1) is 0 Å². The van der Waals surface area contributed by atoms with Crippen molar-refractivity contribution < 1.29 is 14.6 Å². The maximum atomic E-state index is 9.33. The van der Waals surface area contributed by atoms with E-state index in [1.807, 2.05) is 6.92 Å². The van der Waals surface area contributed by atoms with E-state index in [4.69, 9.17) is 0 Å². The number of rotatable bonds is 4. The highest BCUT2D eigenvalue weighted by Gasteiger charge is 1.77. The summed E-state index contributed by atoms with van der Waals surface area (Å²) in [4.78, 5) is 17.5. The molecule has 0 radical (unpaired) electrons. The molecule has 0 saturated heterocycles. The smallest absolute Gasteiger partial charge is 0.302 e. The second kappa shape index (κ2) is 5.43. The monoisotopic (exact) mass is 104 g/mol. The minimum Gasteiger partial charge on any atom is -0.302 e. The van der Waals surface area contributed by atoms with Crippen LogP contribution in [0.5, 0.6) is 0 Å². The Bertz CT molecular complexity index is 44.2. The zero-order valence-electron chi connectivity index (χ0n) is 4.22. The number of hydrogen-bond donors (Lipinski definition) is 0. The normalized spacial score (nSPS) is 8.14. The van der Waals surface area contributed by atoms with Gasteiger partial charge in [0.1, 0.15) is 0 Å². The van der Waals surface area contributed by atoms with Gasteiger partial charge in [-0.3, -0.25) is 4.79 Å². The topological polar surface area (TPSA) is 35.5 Å². The zero-order valence-corrected chi connectivity index (χ0v) is 4.22. The highest BCUT2D eigenvalue weighted by atomic mass is 17.2. The Kier molecular flexibility index (Phi) is 4.99. The molecule has 0 aromatic carbocycles. The van der Waals surface area contributed by atoms with Gasteiger partial charge >= 0.3 is 6.47 Å². The molecule has 0 atom stereocenters. The van der Waals surface area contributed by atoms with Gasteiger partial charge in [-0.25, -0.2) is 0 Å². The Morgan fingerprint density at radius 3 is 2.86 bits per heavy atom. The summed E-state index contributed by atoms with van der Waals surface area (Å²) in [5.41, 5.74) is 0.